The Morgan fingerprint density at radius 2 is 1.58 bits per heavy atom. The van der Waals surface area contributed by atoms with Crippen LogP contribution < -0.4 is 10.3 Å². The van der Waals surface area contributed by atoms with E-state index in [1.807, 2.05) is 32.1 Å². The van der Waals surface area contributed by atoms with Gasteiger partial charge in [0, 0.05) is 52.0 Å². The van der Waals surface area contributed by atoms with Gasteiger partial charge in [0.25, 0.3) is 10.1 Å². The van der Waals surface area contributed by atoms with Crippen molar-refractivity contribution in [1.82, 2.24) is 0 Å². The van der Waals surface area contributed by atoms with Crippen LogP contribution in [0.3, 0.4) is 0 Å². The molecular weight excluding hydrogens is 884 g/mol. The summed E-state index contributed by atoms with van der Waals surface area (Å²) >= 11 is 8.15. The highest BCUT2D eigenvalue weighted by Crippen LogP contribution is 2.51. The minimum Gasteiger partial charge on any atom is -0.691 e. The van der Waals surface area contributed by atoms with Gasteiger partial charge < -0.3 is 24.6 Å². The Morgan fingerprint density at radius 1 is 0.891 bits per heavy atom. The number of halogens is 1. The number of ether oxygens (including phenoxy) is 3. The van der Waals surface area contributed by atoms with Gasteiger partial charge in [0.05, 0.1) is 73.4 Å². The van der Waals surface area contributed by atoms with Gasteiger partial charge in [-0.05, 0) is 112 Å². The Balaban J connectivity index is 1.34. The van der Waals surface area contributed by atoms with Gasteiger partial charge in [-0.25, -0.2) is 5.06 Å². The largest absolute Gasteiger partial charge is 0.691 e. The molecule has 1 aliphatic carbocycles. The molecular formula is C47H63ClN2O12S2. The number of carboxylic acid groups (broad SMARTS) is 1. The molecule has 0 spiro atoms. The van der Waals surface area contributed by atoms with Gasteiger partial charge in [-0.3, -0.25) is 19.2 Å². The lowest BCUT2D eigenvalue weighted by molar-refractivity contribution is -0.777. The first-order valence-corrected chi connectivity index (χ1v) is 24.4. The third kappa shape index (κ3) is 12.7. The average Bonchev–Trinajstić information content (AvgIpc) is 3.59. The van der Waals surface area contributed by atoms with E-state index >= 15 is 0 Å². The van der Waals surface area contributed by atoms with Gasteiger partial charge in [0.15, 0.2) is 5.71 Å². The summed E-state index contributed by atoms with van der Waals surface area (Å²) in [6, 6.07) is 7.02. The lowest BCUT2D eigenvalue weighted by Crippen LogP contribution is -2.28. The molecule has 0 bridgehead atoms. The second-order valence-corrected chi connectivity index (χ2v) is 19.8. The first-order valence-electron chi connectivity index (χ1n) is 21.9. The van der Waals surface area contributed by atoms with Crippen molar-refractivity contribution < 1.29 is 61.1 Å². The number of benzene rings is 2. The molecule has 0 aromatic heterocycles. The van der Waals surface area contributed by atoms with E-state index in [0.717, 1.165) is 95.0 Å². The Kier molecular flexibility index (Phi) is 18.8. The van der Waals surface area contributed by atoms with Crippen molar-refractivity contribution in [3.05, 3.63) is 92.7 Å². The highest BCUT2D eigenvalue weighted by Gasteiger charge is 2.46. The van der Waals surface area contributed by atoms with Gasteiger partial charge in [-0.15, -0.1) is 0 Å². The van der Waals surface area contributed by atoms with Crippen LogP contribution in [0.4, 0.5) is 11.4 Å². The van der Waals surface area contributed by atoms with Gasteiger partial charge in [0.1, 0.15) is 6.54 Å². The number of allylic oxidation sites excluding steroid dienone is 8. The van der Waals surface area contributed by atoms with Gasteiger partial charge in [-0.2, -0.15) is 17.3 Å². The Morgan fingerprint density at radius 3 is 2.23 bits per heavy atom. The molecule has 64 heavy (non-hydrogen) atoms. The minimum absolute atomic E-state index is 0.135. The maximum Gasteiger partial charge on any atom is 0.303 e. The first-order chi connectivity index (χ1) is 30.4. The van der Waals surface area contributed by atoms with Crippen molar-refractivity contribution in [3.8, 4) is 0 Å². The van der Waals surface area contributed by atoms with Crippen molar-refractivity contribution in [3.63, 3.8) is 0 Å². The third-order valence-corrected chi connectivity index (χ3v) is 13.7. The van der Waals surface area contributed by atoms with E-state index in [-0.39, 0.29) is 29.9 Å². The third-order valence-electron chi connectivity index (χ3n) is 11.8. The summed E-state index contributed by atoms with van der Waals surface area (Å²) in [7, 11) is -4.48. The molecule has 0 fully saturated rings. The van der Waals surface area contributed by atoms with E-state index < -0.39 is 21.5 Å². The molecule has 17 heteroatoms. The summed E-state index contributed by atoms with van der Waals surface area (Å²) in [6.07, 6.45) is 14.3. The molecule has 2 aromatic carbocycles. The minimum atomic E-state index is -4.48. The number of hydrogen-bond donors (Lipinski definition) is 2. The Bertz CT molecular complexity index is 2270. The van der Waals surface area contributed by atoms with Crippen LogP contribution >= 0.6 is 23.6 Å². The summed E-state index contributed by atoms with van der Waals surface area (Å²) < 4.78 is 58.6. The molecule has 5 rings (SSSR count). The van der Waals surface area contributed by atoms with Gasteiger partial charge in [-0.1, -0.05) is 50.9 Å². The number of aliphatic carboxylic acids is 1. The monoisotopic (exact) mass is 946 g/mol. The van der Waals surface area contributed by atoms with E-state index in [0.29, 0.717) is 67.7 Å². The fraction of sp³-hybridized carbons (Fsp3) is 0.532. The predicted molar refractivity (Wildman–Crippen MR) is 245 cm³/mol. The maximum absolute atomic E-state index is 12.3. The van der Waals surface area contributed by atoms with E-state index in [2.05, 4.69) is 59.9 Å². The van der Waals surface area contributed by atoms with Crippen molar-refractivity contribution >= 4 is 56.8 Å². The number of hydrogen-bond acceptors (Lipinski definition) is 12. The van der Waals surface area contributed by atoms with Crippen LogP contribution in [0.25, 0.3) is 0 Å². The number of rotatable bonds is 25. The number of aryl methyl sites for hydroxylation is 2. The number of carboxylic acids is 1. The summed E-state index contributed by atoms with van der Waals surface area (Å²) in [5.74, 6) is -0.808. The predicted octanol–water partition coefficient (Wildman–Crippen LogP) is 9.03. The number of nitrogens with zero attached hydrogens (tertiary/aromatic N) is 2. The van der Waals surface area contributed by atoms with E-state index in [4.69, 9.17) is 35.8 Å². The van der Waals surface area contributed by atoms with Crippen molar-refractivity contribution in [1.29, 1.82) is 0 Å². The molecule has 352 valence electrons. The fourth-order valence-corrected chi connectivity index (χ4v) is 9.87. The number of anilines is 1. The van der Waals surface area contributed by atoms with Crippen molar-refractivity contribution in [2.24, 2.45) is 0 Å². The lowest BCUT2D eigenvalue weighted by Gasteiger charge is -2.26. The normalized spacial score (nSPS) is 18.3. The summed E-state index contributed by atoms with van der Waals surface area (Å²) in [6.45, 7) is 17.7. The average molecular weight is 948 g/mol. The van der Waals surface area contributed by atoms with E-state index in [1.165, 1.54) is 12.1 Å². The van der Waals surface area contributed by atoms with Crippen molar-refractivity contribution in [2.75, 3.05) is 57.9 Å². The molecule has 2 N–H and O–H groups in total. The van der Waals surface area contributed by atoms with E-state index in [1.54, 1.807) is 12.0 Å². The van der Waals surface area contributed by atoms with Crippen LogP contribution in [0.1, 0.15) is 108 Å². The zero-order chi connectivity index (χ0) is 46.7. The highest BCUT2D eigenvalue weighted by molar-refractivity contribution is 7.94. The SMILES string of the molecule is CCCC[N+]1=C(/C=C/C2=C(Cl)C(=C/C=C3/N(OCCOCCOCCOCCCCC(=O)O)c4c(C)cc(S(=O)(=O)O)cc4C3(C)C)/CCC2)C(C)(C)c2cc(SOO[O-])cc(C)c21. The number of hydroxylamine groups is 1. The lowest BCUT2D eigenvalue weighted by atomic mass is 9.80. The van der Waals surface area contributed by atoms with Crippen LogP contribution in [0, 0.1) is 13.8 Å². The molecule has 0 unspecified atom stereocenters. The molecule has 0 atom stereocenters. The van der Waals surface area contributed by atoms with Crippen LogP contribution in [0.2, 0.25) is 0 Å². The number of unbranched alkanes of at least 4 members (excludes halogenated alkanes) is 2. The summed E-state index contributed by atoms with van der Waals surface area (Å²) in [5, 5.41) is 25.4. The molecule has 2 aromatic rings. The molecule has 0 radical (unpaired) electrons. The zero-order valence-corrected chi connectivity index (χ0v) is 40.4. The second-order valence-electron chi connectivity index (χ2n) is 17.2. The Labute approximate surface area is 387 Å². The smallest absolute Gasteiger partial charge is 0.303 e. The molecule has 0 saturated carbocycles. The topological polar surface area (TPSA) is 176 Å². The van der Waals surface area contributed by atoms with E-state index in [9.17, 15) is 23.0 Å². The highest BCUT2D eigenvalue weighted by atomic mass is 35.5. The Hall–Kier alpha value is -3.39. The zero-order valence-electron chi connectivity index (χ0n) is 38.0. The summed E-state index contributed by atoms with van der Waals surface area (Å²) in [5.41, 5.74) is 8.20. The molecule has 2 aliphatic heterocycles. The molecule has 3 aliphatic rings. The van der Waals surface area contributed by atoms with Gasteiger partial charge >= 0.3 is 5.97 Å². The fourth-order valence-electron chi connectivity index (χ4n) is 8.47. The summed E-state index contributed by atoms with van der Waals surface area (Å²) in [4.78, 5) is 17.6. The molecule has 2 heterocycles. The number of carbonyl (C=O) groups is 1. The molecule has 14 nitrogen and oxygen atoms in total. The van der Waals surface area contributed by atoms with Crippen LogP contribution in [-0.4, -0.2) is 87.1 Å². The van der Waals surface area contributed by atoms with Crippen LogP contribution in [0.5, 0.6) is 0 Å². The maximum atomic E-state index is 12.3. The van der Waals surface area contributed by atoms with Crippen LogP contribution in [-0.2, 0) is 54.2 Å². The molecule has 0 amide bonds. The van der Waals surface area contributed by atoms with Crippen LogP contribution in [0.15, 0.2) is 80.2 Å². The molecule has 0 saturated heterocycles. The first kappa shape index (κ1) is 51.6. The number of fused-ring (bicyclic) bond motifs is 2. The van der Waals surface area contributed by atoms with Gasteiger partial charge in [0.2, 0.25) is 5.69 Å². The van der Waals surface area contributed by atoms with Crippen molar-refractivity contribution in [2.45, 2.75) is 120 Å². The quantitative estimate of drug-likeness (QED) is 0.0241. The second kappa shape index (κ2) is 23.4. The standard InChI is InChI=1S/C47H63ClN2O12S2/c1-8-9-20-49-40(46(4,5)38-30-36(63-62-61-53)28-32(2)44(38)49)18-16-34-13-12-14-35(43(34)48)17-19-41-47(6,7)39-31-37(64(54,55)56)29-33(3)45(39)50(41)60-27-26-59-25-24-58-23-22-57-21-11-10-15-42(51)52/h16-19,28-31H,8-15,20-27H2,1-7H3,(H2-,51,52,53,54,55,56).